The first-order valence-electron chi connectivity index (χ1n) is 5.58. The lowest BCUT2D eigenvalue weighted by molar-refractivity contribution is -0.122. The number of nitrogens with two attached hydrogens (primary N) is 1. The Balaban J connectivity index is 2.40. The number of halogens is 2. The molecule has 1 aliphatic heterocycles. The minimum Gasteiger partial charge on any atom is -0.497 e. The number of benzene rings is 1. The highest BCUT2D eigenvalue weighted by Crippen LogP contribution is 2.32. The van der Waals surface area contributed by atoms with Gasteiger partial charge in [0.05, 0.1) is 7.11 Å². The van der Waals surface area contributed by atoms with Gasteiger partial charge in [0.2, 0.25) is 5.91 Å². The third-order valence-corrected chi connectivity index (χ3v) is 3.12. The van der Waals surface area contributed by atoms with E-state index in [2.05, 4.69) is 5.32 Å². The molecule has 1 amide bonds. The quantitative estimate of drug-likeness (QED) is 0.826. The lowest BCUT2D eigenvalue weighted by Gasteiger charge is -2.29. The molecule has 0 saturated carbocycles. The van der Waals surface area contributed by atoms with Gasteiger partial charge in [-0.1, -0.05) is 0 Å². The standard InChI is InChI=1S/C12H14F2N2O2/c1-18-6-2-8(13)12(9(14)3-6)7-4-11(17)16-5-10(7)15/h2-3,7,10H,4-5,15H2,1H3,(H,16,17). The Kier molecular flexibility index (Phi) is 3.47. The molecule has 98 valence electrons. The molecule has 18 heavy (non-hydrogen) atoms. The summed E-state index contributed by atoms with van der Waals surface area (Å²) < 4.78 is 32.5. The van der Waals surface area contributed by atoms with E-state index in [4.69, 9.17) is 10.5 Å². The van der Waals surface area contributed by atoms with Crippen LogP contribution in [-0.4, -0.2) is 25.6 Å². The smallest absolute Gasteiger partial charge is 0.220 e. The lowest BCUT2D eigenvalue weighted by atomic mass is 9.85. The van der Waals surface area contributed by atoms with Crippen LogP contribution in [-0.2, 0) is 4.79 Å². The van der Waals surface area contributed by atoms with Crippen molar-refractivity contribution in [2.75, 3.05) is 13.7 Å². The number of ether oxygens (including phenoxy) is 1. The summed E-state index contributed by atoms with van der Waals surface area (Å²) in [5.74, 6) is -2.27. The fraction of sp³-hybridized carbons (Fsp3) is 0.417. The summed E-state index contributed by atoms with van der Waals surface area (Å²) in [5, 5.41) is 2.56. The molecule has 0 aliphatic carbocycles. The summed E-state index contributed by atoms with van der Waals surface area (Å²) in [6.45, 7) is 0.217. The molecule has 0 bridgehead atoms. The molecule has 2 atom stereocenters. The van der Waals surface area contributed by atoms with Gasteiger partial charge in [0.25, 0.3) is 0 Å². The SMILES string of the molecule is COc1cc(F)c(C2CC(=O)NCC2N)c(F)c1. The molecule has 0 aromatic heterocycles. The fourth-order valence-electron chi connectivity index (χ4n) is 2.15. The van der Waals surface area contributed by atoms with Crippen LogP contribution < -0.4 is 15.8 Å². The molecule has 0 radical (unpaired) electrons. The Hall–Kier alpha value is -1.69. The van der Waals surface area contributed by atoms with E-state index in [1.54, 1.807) is 0 Å². The number of nitrogens with one attached hydrogen (secondary N) is 1. The summed E-state index contributed by atoms with van der Waals surface area (Å²) in [7, 11) is 1.33. The van der Waals surface area contributed by atoms with Crippen molar-refractivity contribution in [2.24, 2.45) is 5.73 Å². The average molecular weight is 256 g/mol. The average Bonchev–Trinajstić information content (AvgIpc) is 2.32. The molecule has 1 fully saturated rings. The Morgan fingerprint density at radius 1 is 1.39 bits per heavy atom. The Morgan fingerprint density at radius 3 is 2.56 bits per heavy atom. The molecule has 1 aliphatic rings. The molecule has 0 spiro atoms. The Labute approximate surface area is 103 Å². The van der Waals surface area contributed by atoms with Gasteiger partial charge in [-0.05, 0) is 0 Å². The number of hydrogen-bond donors (Lipinski definition) is 2. The van der Waals surface area contributed by atoms with Gasteiger partial charge in [-0.15, -0.1) is 0 Å². The minimum atomic E-state index is -0.734. The second kappa shape index (κ2) is 4.89. The van der Waals surface area contributed by atoms with Crippen LogP contribution in [0.5, 0.6) is 5.75 Å². The molecule has 1 aromatic carbocycles. The Bertz CT molecular complexity index is 456. The molecule has 3 N–H and O–H groups in total. The predicted octanol–water partition coefficient (Wildman–Crippen LogP) is 0.904. The zero-order valence-electron chi connectivity index (χ0n) is 9.87. The maximum absolute atomic E-state index is 13.9. The van der Waals surface area contributed by atoms with Crippen LogP contribution in [0.4, 0.5) is 8.78 Å². The van der Waals surface area contributed by atoms with E-state index < -0.39 is 23.6 Å². The number of hydrogen-bond acceptors (Lipinski definition) is 3. The zero-order chi connectivity index (χ0) is 13.3. The van der Waals surface area contributed by atoms with E-state index in [0.29, 0.717) is 0 Å². The molecule has 1 aromatic rings. The van der Waals surface area contributed by atoms with E-state index in [1.165, 1.54) is 7.11 Å². The number of methoxy groups -OCH3 is 1. The van der Waals surface area contributed by atoms with Gasteiger partial charge in [-0.2, -0.15) is 0 Å². The third-order valence-electron chi connectivity index (χ3n) is 3.12. The maximum Gasteiger partial charge on any atom is 0.220 e. The van der Waals surface area contributed by atoms with Crippen molar-refractivity contribution in [3.8, 4) is 5.75 Å². The van der Waals surface area contributed by atoms with Gasteiger partial charge >= 0.3 is 0 Å². The fourth-order valence-corrected chi connectivity index (χ4v) is 2.15. The highest BCUT2D eigenvalue weighted by atomic mass is 19.1. The molecule has 1 saturated heterocycles. The van der Waals surface area contributed by atoms with Crippen molar-refractivity contribution >= 4 is 5.91 Å². The molecule has 2 unspecified atom stereocenters. The molecular formula is C12H14F2N2O2. The largest absolute Gasteiger partial charge is 0.497 e. The topological polar surface area (TPSA) is 64.3 Å². The monoisotopic (exact) mass is 256 g/mol. The molecule has 2 rings (SSSR count). The van der Waals surface area contributed by atoms with Crippen molar-refractivity contribution in [3.63, 3.8) is 0 Å². The van der Waals surface area contributed by atoms with E-state index in [1.807, 2.05) is 0 Å². The number of rotatable bonds is 2. The van der Waals surface area contributed by atoms with Crippen molar-refractivity contribution in [1.82, 2.24) is 5.32 Å². The van der Waals surface area contributed by atoms with Crippen molar-refractivity contribution in [1.29, 1.82) is 0 Å². The first-order chi connectivity index (χ1) is 8.52. The normalized spacial score (nSPS) is 23.7. The van der Waals surface area contributed by atoms with Gasteiger partial charge in [0.15, 0.2) is 0 Å². The van der Waals surface area contributed by atoms with Crippen molar-refractivity contribution in [3.05, 3.63) is 29.3 Å². The van der Waals surface area contributed by atoms with Crippen LogP contribution in [0.15, 0.2) is 12.1 Å². The lowest BCUT2D eigenvalue weighted by Crippen LogP contribution is -2.48. The molecular weight excluding hydrogens is 242 g/mol. The number of carbonyl (C=O) groups is 1. The van der Waals surface area contributed by atoms with Gasteiger partial charge in [-0.3, -0.25) is 4.79 Å². The molecule has 4 nitrogen and oxygen atoms in total. The van der Waals surface area contributed by atoms with Crippen molar-refractivity contribution < 1.29 is 18.3 Å². The highest BCUT2D eigenvalue weighted by Gasteiger charge is 2.32. The van der Waals surface area contributed by atoms with E-state index in [9.17, 15) is 13.6 Å². The number of amides is 1. The predicted molar refractivity (Wildman–Crippen MR) is 61.3 cm³/mol. The van der Waals surface area contributed by atoms with Crippen LogP contribution in [0.1, 0.15) is 17.9 Å². The maximum atomic E-state index is 13.9. The summed E-state index contributed by atoms with van der Waals surface area (Å²) >= 11 is 0. The molecule has 6 heteroatoms. The van der Waals surface area contributed by atoms with Crippen molar-refractivity contribution in [2.45, 2.75) is 18.4 Å². The first kappa shape index (κ1) is 12.8. The van der Waals surface area contributed by atoms with Crippen LogP contribution in [0, 0.1) is 11.6 Å². The van der Waals surface area contributed by atoms with Gasteiger partial charge in [0.1, 0.15) is 17.4 Å². The first-order valence-corrected chi connectivity index (χ1v) is 5.58. The number of carbonyl (C=O) groups excluding carboxylic acids is 1. The van der Waals surface area contributed by atoms with E-state index in [-0.39, 0.29) is 30.2 Å². The summed E-state index contributed by atoms with van der Waals surface area (Å²) in [6, 6.07) is 1.69. The minimum absolute atomic E-state index is 0.0126. The van der Waals surface area contributed by atoms with Crippen LogP contribution in [0.3, 0.4) is 0 Å². The van der Waals surface area contributed by atoms with E-state index in [0.717, 1.165) is 12.1 Å². The van der Waals surface area contributed by atoms with Gasteiger partial charge in [0, 0.05) is 42.6 Å². The van der Waals surface area contributed by atoms with Crippen LogP contribution >= 0.6 is 0 Å². The summed E-state index contributed by atoms with van der Waals surface area (Å²) in [4.78, 5) is 11.3. The Morgan fingerprint density at radius 2 is 2.00 bits per heavy atom. The molecule has 1 heterocycles. The van der Waals surface area contributed by atoms with Crippen LogP contribution in [0.25, 0.3) is 0 Å². The third kappa shape index (κ3) is 2.28. The van der Waals surface area contributed by atoms with Gasteiger partial charge in [-0.25, -0.2) is 8.78 Å². The summed E-state index contributed by atoms with van der Waals surface area (Å²) in [5.41, 5.74) is 5.66. The number of piperidine rings is 1. The second-order valence-electron chi connectivity index (χ2n) is 4.28. The van der Waals surface area contributed by atoms with Crippen LogP contribution in [0.2, 0.25) is 0 Å². The zero-order valence-corrected chi connectivity index (χ0v) is 9.87. The summed E-state index contributed by atoms with van der Waals surface area (Å²) in [6.07, 6.45) is -0.0126. The highest BCUT2D eigenvalue weighted by molar-refractivity contribution is 5.78. The second-order valence-corrected chi connectivity index (χ2v) is 4.28. The van der Waals surface area contributed by atoms with Gasteiger partial charge < -0.3 is 15.8 Å². The van der Waals surface area contributed by atoms with E-state index >= 15 is 0 Å².